The van der Waals surface area contributed by atoms with Crippen LogP contribution in [-0.4, -0.2) is 48.2 Å². The van der Waals surface area contributed by atoms with Gasteiger partial charge >= 0.3 is 11.3 Å². The number of hydrogen-bond donors (Lipinski definition) is 1. The summed E-state index contributed by atoms with van der Waals surface area (Å²) in [5.74, 6) is -0.270. The molecule has 1 atom stereocenters. The number of ether oxygens (including phenoxy) is 1. The largest absolute Gasteiger partial charge is 0.423 e. The van der Waals surface area contributed by atoms with Crippen molar-refractivity contribution in [3.05, 3.63) is 91.9 Å². The minimum atomic E-state index is -0.861. The molecule has 4 aromatic rings. The van der Waals surface area contributed by atoms with Crippen molar-refractivity contribution in [2.24, 2.45) is 0 Å². The minimum Gasteiger partial charge on any atom is -0.423 e. The van der Waals surface area contributed by atoms with Crippen molar-refractivity contribution in [3.8, 4) is 11.1 Å². The van der Waals surface area contributed by atoms with Crippen LogP contribution in [0.1, 0.15) is 19.5 Å². The number of nitrogens with zero attached hydrogens (tertiary/aromatic N) is 2. The molecular formula is C28H27N3O7. The number of carbonyl (C=O) groups is 1. The summed E-state index contributed by atoms with van der Waals surface area (Å²) in [6.45, 7) is 4.34. The Morgan fingerprint density at radius 2 is 1.63 bits per heavy atom. The summed E-state index contributed by atoms with van der Waals surface area (Å²) in [5, 5.41) is 3.53. The lowest BCUT2D eigenvalue weighted by Gasteiger charge is -2.27. The van der Waals surface area contributed by atoms with Crippen molar-refractivity contribution in [3.63, 3.8) is 0 Å². The number of amides is 1. The van der Waals surface area contributed by atoms with Crippen molar-refractivity contribution >= 4 is 28.0 Å². The number of carbonyl (C=O) groups excluding carboxylic acids is 1. The number of benzene rings is 2. The van der Waals surface area contributed by atoms with E-state index >= 15 is 0 Å². The van der Waals surface area contributed by atoms with Crippen LogP contribution in [0.15, 0.2) is 83.9 Å². The highest BCUT2D eigenvalue weighted by molar-refractivity contribution is 6.09. The Kier molecular flexibility index (Phi) is 7.34. The van der Waals surface area contributed by atoms with Crippen LogP contribution in [0, 0.1) is 0 Å². The molecule has 1 aliphatic heterocycles. The maximum atomic E-state index is 14.0. The number of nitrogens with one attached hydrogen (secondary N) is 1. The Balaban J connectivity index is 1.80. The lowest BCUT2D eigenvalue weighted by atomic mass is 9.99. The van der Waals surface area contributed by atoms with Gasteiger partial charge in [-0.1, -0.05) is 43.3 Å². The second kappa shape index (κ2) is 11.0. The molecule has 2 aromatic heterocycles. The molecule has 1 fully saturated rings. The average Bonchev–Trinajstić information content (AvgIpc) is 2.92. The third-order valence-corrected chi connectivity index (χ3v) is 6.48. The molecule has 0 spiro atoms. The van der Waals surface area contributed by atoms with Gasteiger partial charge in [0, 0.05) is 30.6 Å². The topological polar surface area (TPSA) is 124 Å². The van der Waals surface area contributed by atoms with E-state index in [4.69, 9.17) is 13.6 Å². The van der Waals surface area contributed by atoms with Gasteiger partial charge in [-0.15, -0.1) is 0 Å². The van der Waals surface area contributed by atoms with E-state index in [-0.39, 0.29) is 29.1 Å². The van der Waals surface area contributed by atoms with Gasteiger partial charge < -0.3 is 18.9 Å². The third-order valence-electron chi connectivity index (χ3n) is 6.48. The van der Waals surface area contributed by atoms with Crippen LogP contribution in [-0.2, 0) is 9.53 Å². The fraction of sp³-hybridized carbons (Fsp3) is 0.286. The third kappa shape index (κ3) is 5.09. The van der Waals surface area contributed by atoms with Crippen LogP contribution in [0.4, 0.5) is 0 Å². The molecule has 38 heavy (non-hydrogen) atoms. The minimum absolute atomic E-state index is 0.0488. The molecule has 0 radical (unpaired) electrons. The van der Waals surface area contributed by atoms with Crippen molar-refractivity contribution in [1.82, 2.24) is 14.8 Å². The smallest absolute Gasteiger partial charge is 0.337 e. The van der Waals surface area contributed by atoms with Crippen molar-refractivity contribution in [1.29, 1.82) is 0 Å². The SMILES string of the molecule is CCC(NC(=O)CN1CCOCC1)n1c(=O)c2cccc3oc(=O)ccc(=O)oc1c(-c1ccccc1)c32. The van der Waals surface area contributed by atoms with Crippen LogP contribution in [0.2, 0.25) is 0 Å². The van der Waals surface area contributed by atoms with Gasteiger partial charge in [-0.2, -0.15) is 0 Å². The molecule has 10 nitrogen and oxygen atoms in total. The molecule has 3 heterocycles. The Hall–Kier alpha value is -4.28. The molecular weight excluding hydrogens is 490 g/mol. The number of rotatable bonds is 6. The lowest BCUT2D eigenvalue weighted by molar-refractivity contribution is -0.124. The Labute approximate surface area is 216 Å². The van der Waals surface area contributed by atoms with E-state index in [0.717, 1.165) is 12.1 Å². The van der Waals surface area contributed by atoms with Gasteiger partial charge in [0.25, 0.3) is 5.56 Å². The highest BCUT2D eigenvalue weighted by atomic mass is 16.5. The molecule has 0 aliphatic carbocycles. The van der Waals surface area contributed by atoms with E-state index in [0.29, 0.717) is 49.2 Å². The summed E-state index contributed by atoms with van der Waals surface area (Å²) in [6, 6.07) is 15.8. The summed E-state index contributed by atoms with van der Waals surface area (Å²) in [7, 11) is 0. The Morgan fingerprint density at radius 3 is 2.34 bits per heavy atom. The van der Waals surface area contributed by atoms with Gasteiger partial charge in [0.1, 0.15) is 11.7 Å². The second-order valence-corrected chi connectivity index (χ2v) is 8.96. The molecule has 1 aliphatic rings. The molecule has 10 heteroatoms. The highest BCUT2D eigenvalue weighted by Crippen LogP contribution is 2.34. The standard InChI is InChI=1S/C28H27N3O7/c1-2-21(29-22(32)17-30-13-15-36-16-14-30)31-27(35)19-9-6-10-20-26(19)25(18-7-4-3-5-8-18)28(31)38-24(34)12-11-23(33)37-20/h3-12,21H,2,13-17H2,1H3,(H,29,32). The van der Waals surface area contributed by atoms with E-state index in [2.05, 4.69) is 5.32 Å². The summed E-state index contributed by atoms with van der Waals surface area (Å²) >= 11 is 0. The van der Waals surface area contributed by atoms with E-state index in [1.54, 1.807) is 30.3 Å². The number of pyridine rings is 1. The zero-order chi connectivity index (χ0) is 26.6. The summed E-state index contributed by atoms with van der Waals surface area (Å²) in [5.41, 5.74) is -0.993. The van der Waals surface area contributed by atoms with E-state index in [1.165, 1.54) is 4.57 Å². The molecule has 1 saturated heterocycles. The van der Waals surface area contributed by atoms with Gasteiger partial charge in [-0.25, -0.2) is 9.59 Å². The second-order valence-electron chi connectivity index (χ2n) is 8.96. The maximum absolute atomic E-state index is 14.0. The number of morpholine rings is 1. The first-order valence-electron chi connectivity index (χ1n) is 12.4. The molecule has 2 aromatic carbocycles. The van der Waals surface area contributed by atoms with Crippen LogP contribution >= 0.6 is 0 Å². The molecule has 1 amide bonds. The van der Waals surface area contributed by atoms with Gasteiger partial charge in [0.05, 0.1) is 30.7 Å². The predicted octanol–water partition coefficient (Wildman–Crippen LogP) is 2.65. The first-order chi connectivity index (χ1) is 18.5. The van der Waals surface area contributed by atoms with E-state index in [1.807, 2.05) is 30.0 Å². The van der Waals surface area contributed by atoms with Crippen molar-refractivity contribution in [2.45, 2.75) is 19.5 Å². The van der Waals surface area contributed by atoms with Gasteiger partial charge in [0.2, 0.25) is 11.6 Å². The van der Waals surface area contributed by atoms with Crippen LogP contribution < -0.4 is 22.1 Å². The number of fused-ring (bicyclic) bond motifs is 1. The van der Waals surface area contributed by atoms with Gasteiger partial charge in [-0.3, -0.25) is 19.1 Å². The quantitative estimate of drug-likeness (QED) is 0.414. The molecule has 1 unspecified atom stereocenters. The zero-order valence-corrected chi connectivity index (χ0v) is 20.8. The monoisotopic (exact) mass is 517 g/mol. The summed E-state index contributed by atoms with van der Waals surface area (Å²) in [6.07, 6.45) is -0.479. The van der Waals surface area contributed by atoms with Gasteiger partial charge in [0.15, 0.2) is 0 Å². The Morgan fingerprint density at radius 1 is 0.921 bits per heavy atom. The molecule has 196 valence electrons. The fourth-order valence-corrected chi connectivity index (χ4v) is 4.71. The summed E-state index contributed by atoms with van der Waals surface area (Å²) < 4.78 is 18.0. The van der Waals surface area contributed by atoms with Crippen LogP contribution in [0.25, 0.3) is 33.2 Å². The fourth-order valence-electron chi connectivity index (χ4n) is 4.71. The van der Waals surface area contributed by atoms with Gasteiger partial charge in [-0.05, 0) is 24.1 Å². The first-order valence-corrected chi connectivity index (χ1v) is 12.4. The average molecular weight is 518 g/mol. The Bertz CT molecular complexity index is 1680. The normalized spacial score (nSPS) is 14.9. The van der Waals surface area contributed by atoms with Crippen LogP contribution in [0.3, 0.4) is 0 Å². The predicted molar refractivity (Wildman–Crippen MR) is 142 cm³/mol. The molecule has 2 bridgehead atoms. The van der Waals surface area contributed by atoms with Crippen molar-refractivity contribution < 1.29 is 18.4 Å². The number of aromatic nitrogens is 1. The van der Waals surface area contributed by atoms with Crippen LogP contribution in [0.5, 0.6) is 0 Å². The zero-order valence-electron chi connectivity index (χ0n) is 20.8. The first kappa shape index (κ1) is 25.4. The van der Waals surface area contributed by atoms with Crippen molar-refractivity contribution in [2.75, 3.05) is 32.8 Å². The molecule has 0 saturated carbocycles. The summed E-state index contributed by atoms with van der Waals surface area (Å²) in [4.78, 5) is 54.1. The lowest BCUT2D eigenvalue weighted by Crippen LogP contribution is -2.46. The maximum Gasteiger partial charge on any atom is 0.337 e. The molecule has 5 rings (SSSR count). The number of hydrogen-bond acceptors (Lipinski definition) is 8. The highest BCUT2D eigenvalue weighted by Gasteiger charge is 2.25. The van der Waals surface area contributed by atoms with E-state index in [9.17, 15) is 19.2 Å². The molecule has 1 N–H and O–H groups in total. The van der Waals surface area contributed by atoms with E-state index < -0.39 is 23.0 Å².